The monoisotopic (exact) mass is 246 g/mol. The molecule has 0 unspecified atom stereocenters. The molecule has 0 aliphatic rings. The van der Waals surface area contributed by atoms with Gasteiger partial charge in [-0.15, -0.1) is 0 Å². The number of hydrogen-bond acceptors (Lipinski definition) is 5. The number of rotatable bonds is 3. The predicted molar refractivity (Wildman–Crippen MR) is 60.2 cm³/mol. The van der Waals surface area contributed by atoms with Crippen LogP contribution in [0.25, 0.3) is 0 Å². The largest absolute Gasteiger partial charge is 0.331 e. The maximum Gasteiger partial charge on any atom is 0.305 e. The second kappa shape index (κ2) is 6.91. The van der Waals surface area contributed by atoms with E-state index in [9.17, 15) is 18.5 Å². The first kappa shape index (κ1) is 14.5. The van der Waals surface area contributed by atoms with Gasteiger partial charge >= 0.3 is 5.88 Å². The Bertz CT molecular complexity index is 416. The van der Waals surface area contributed by atoms with Crippen LogP contribution in [0.15, 0.2) is 35.2 Å². The van der Waals surface area contributed by atoms with Crippen molar-refractivity contribution in [3.63, 3.8) is 0 Å². The first-order valence-electron chi connectivity index (χ1n) is 4.53. The molecule has 0 heterocycles. The molecule has 0 spiro atoms. The van der Waals surface area contributed by atoms with E-state index in [1.54, 1.807) is 6.07 Å². The molecule has 0 aromatic heterocycles. The molecule has 0 saturated heterocycles. The lowest BCUT2D eigenvalue weighted by Crippen LogP contribution is -2.14. The summed E-state index contributed by atoms with van der Waals surface area (Å²) in [5.41, 5.74) is 4.85. The molecule has 16 heavy (non-hydrogen) atoms. The molecule has 1 rings (SSSR count). The Morgan fingerprint density at radius 2 is 1.75 bits per heavy atom. The Hall–Kier alpha value is -1.47. The Morgan fingerprint density at radius 1 is 1.31 bits per heavy atom. The zero-order valence-corrected chi connectivity index (χ0v) is 9.68. The second-order valence-corrected chi connectivity index (χ2v) is 4.76. The van der Waals surface area contributed by atoms with E-state index in [1.165, 1.54) is 24.3 Å². The molecule has 1 aromatic carbocycles. The molecule has 7 heteroatoms. The maximum absolute atomic E-state index is 11.2. The quantitative estimate of drug-likeness (QED) is 0.623. The Balaban J connectivity index is 0.000000673. The highest BCUT2D eigenvalue weighted by molar-refractivity contribution is 7.91. The van der Waals surface area contributed by atoms with Gasteiger partial charge in [-0.1, -0.05) is 25.1 Å². The fraction of sp³-hybridized carbons (Fsp3) is 0.333. The van der Waals surface area contributed by atoms with Crippen LogP contribution in [0.4, 0.5) is 0 Å². The zero-order valence-electron chi connectivity index (χ0n) is 8.87. The van der Waals surface area contributed by atoms with Crippen LogP contribution in [0.5, 0.6) is 0 Å². The summed E-state index contributed by atoms with van der Waals surface area (Å²) in [6.07, 6.45) is 0. The SMILES string of the molecule is CCN.O=[N+]([O-])CS(=O)(=O)c1ccccc1. The van der Waals surface area contributed by atoms with Gasteiger partial charge in [0.15, 0.2) is 0 Å². The molecule has 0 saturated carbocycles. The van der Waals surface area contributed by atoms with Crippen molar-refractivity contribution >= 4 is 9.84 Å². The third-order valence-corrected chi connectivity index (χ3v) is 2.92. The zero-order chi connectivity index (χ0) is 12.6. The molecule has 1 aromatic rings. The number of sulfone groups is 1. The van der Waals surface area contributed by atoms with E-state index < -0.39 is 20.6 Å². The summed E-state index contributed by atoms with van der Waals surface area (Å²) < 4.78 is 22.4. The summed E-state index contributed by atoms with van der Waals surface area (Å²) in [6.45, 7) is 2.65. The lowest BCUT2D eigenvalue weighted by molar-refractivity contribution is -0.458. The van der Waals surface area contributed by atoms with Crippen LogP contribution in [-0.4, -0.2) is 25.8 Å². The summed E-state index contributed by atoms with van der Waals surface area (Å²) in [6, 6.07) is 7.35. The van der Waals surface area contributed by atoms with Crippen molar-refractivity contribution in [2.75, 3.05) is 12.4 Å². The van der Waals surface area contributed by atoms with Crippen LogP contribution in [0.2, 0.25) is 0 Å². The highest BCUT2D eigenvalue weighted by atomic mass is 32.2. The molecule has 0 atom stereocenters. The summed E-state index contributed by atoms with van der Waals surface area (Å²) >= 11 is 0. The van der Waals surface area contributed by atoms with E-state index in [1.807, 2.05) is 6.92 Å². The van der Waals surface area contributed by atoms with Gasteiger partial charge < -0.3 is 5.73 Å². The number of nitro groups is 1. The standard InChI is InChI=1S/C7H7NO4S.C2H7N/c9-8(10)6-13(11,12)7-4-2-1-3-5-7;1-2-3/h1-5H,6H2;2-3H2,1H3. The van der Waals surface area contributed by atoms with E-state index in [-0.39, 0.29) is 4.90 Å². The number of hydrogen-bond donors (Lipinski definition) is 1. The van der Waals surface area contributed by atoms with Crippen LogP contribution >= 0.6 is 0 Å². The van der Waals surface area contributed by atoms with Crippen molar-refractivity contribution in [2.45, 2.75) is 11.8 Å². The van der Waals surface area contributed by atoms with Gasteiger partial charge in [-0.25, -0.2) is 8.42 Å². The van der Waals surface area contributed by atoms with Crippen LogP contribution < -0.4 is 5.73 Å². The van der Waals surface area contributed by atoms with Crippen molar-refractivity contribution in [2.24, 2.45) is 5.73 Å². The van der Waals surface area contributed by atoms with Crippen molar-refractivity contribution in [1.29, 1.82) is 0 Å². The van der Waals surface area contributed by atoms with E-state index in [4.69, 9.17) is 5.73 Å². The molecule has 0 amide bonds. The van der Waals surface area contributed by atoms with Gasteiger partial charge in [0.05, 0.1) is 4.90 Å². The van der Waals surface area contributed by atoms with Crippen LogP contribution in [0.1, 0.15) is 6.92 Å². The second-order valence-electron chi connectivity index (χ2n) is 2.80. The fourth-order valence-corrected chi connectivity index (χ4v) is 1.84. The third kappa shape index (κ3) is 5.42. The van der Waals surface area contributed by atoms with E-state index in [2.05, 4.69) is 0 Å². The van der Waals surface area contributed by atoms with Gasteiger partial charge in [-0.05, 0) is 18.7 Å². The summed E-state index contributed by atoms with van der Waals surface area (Å²) in [7, 11) is -3.76. The van der Waals surface area contributed by atoms with Crippen LogP contribution in [0.3, 0.4) is 0 Å². The highest BCUT2D eigenvalue weighted by Crippen LogP contribution is 2.09. The van der Waals surface area contributed by atoms with Gasteiger partial charge in [0.25, 0.3) is 0 Å². The van der Waals surface area contributed by atoms with Crippen LogP contribution in [-0.2, 0) is 9.84 Å². The topological polar surface area (TPSA) is 103 Å². The lowest BCUT2D eigenvalue weighted by atomic mass is 10.4. The lowest BCUT2D eigenvalue weighted by Gasteiger charge is -1.97. The first-order chi connectivity index (χ1) is 7.44. The molecular formula is C9H14N2O4S. The summed E-state index contributed by atoms with van der Waals surface area (Å²) in [5, 5.41) is 10.0. The van der Waals surface area contributed by atoms with Crippen LogP contribution in [0, 0.1) is 10.1 Å². The molecular weight excluding hydrogens is 232 g/mol. The minimum atomic E-state index is -3.76. The first-order valence-corrected chi connectivity index (χ1v) is 6.19. The predicted octanol–water partition coefficient (Wildman–Crippen LogP) is 0.659. The Labute approximate surface area is 94.2 Å². The van der Waals surface area contributed by atoms with Gasteiger partial charge in [-0.3, -0.25) is 10.1 Å². The van der Waals surface area contributed by atoms with Gasteiger partial charge in [0, 0.05) is 4.92 Å². The minimum Gasteiger partial charge on any atom is -0.331 e. The minimum absolute atomic E-state index is 0.0216. The summed E-state index contributed by atoms with van der Waals surface area (Å²) in [5.74, 6) is -1.06. The molecule has 0 fully saturated rings. The third-order valence-electron chi connectivity index (χ3n) is 1.38. The molecule has 0 bridgehead atoms. The molecule has 0 aliphatic heterocycles. The smallest absolute Gasteiger partial charge is 0.305 e. The number of nitrogens with two attached hydrogens (primary N) is 1. The Kier molecular flexibility index (Phi) is 6.28. The Morgan fingerprint density at radius 3 is 2.12 bits per heavy atom. The normalized spacial score (nSPS) is 10.1. The molecule has 2 N–H and O–H groups in total. The van der Waals surface area contributed by atoms with E-state index >= 15 is 0 Å². The molecule has 0 radical (unpaired) electrons. The number of nitrogens with zero attached hydrogens (tertiary/aromatic N) is 1. The van der Waals surface area contributed by atoms with Gasteiger partial charge in [0.2, 0.25) is 9.84 Å². The average molecular weight is 246 g/mol. The molecule has 0 aliphatic carbocycles. The molecule has 90 valence electrons. The van der Waals surface area contributed by atoms with Crippen molar-refractivity contribution in [3.05, 3.63) is 40.4 Å². The van der Waals surface area contributed by atoms with Crippen molar-refractivity contribution < 1.29 is 13.3 Å². The van der Waals surface area contributed by atoms with Gasteiger partial charge in [0.1, 0.15) is 0 Å². The average Bonchev–Trinajstić information content (AvgIpc) is 2.18. The fourth-order valence-electron chi connectivity index (χ4n) is 0.841. The molecule has 6 nitrogen and oxygen atoms in total. The van der Waals surface area contributed by atoms with Crippen molar-refractivity contribution in [3.8, 4) is 0 Å². The van der Waals surface area contributed by atoms with E-state index in [0.717, 1.165) is 6.54 Å². The summed E-state index contributed by atoms with van der Waals surface area (Å²) in [4.78, 5) is 9.13. The maximum atomic E-state index is 11.2. The number of benzene rings is 1. The van der Waals surface area contributed by atoms with E-state index in [0.29, 0.717) is 0 Å². The van der Waals surface area contributed by atoms with Gasteiger partial charge in [-0.2, -0.15) is 0 Å². The highest BCUT2D eigenvalue weighted by Gasteiger charge is 2.20. The van der Waals surface area contributed by atoms with Crippen molar-refractivity contribution in [1.82, 2.24) is 0 Å².